The summed E-state index contributed by atoms with van der Waals surface area (Å²) >= 11 is 11.9. The first kappa shape index (κ1) is 10.4. The molecule has 78 valence electrons. The molecule has 1 aromatic carbocycles. The van der Waals surface area contributed by atoms with Gasteiger partial charge in [-0.1, -0.05) is 29.3 Å². The van der Waals surface area contributed by atoms with E-state index in [1.807, 2.05) is 29.9 Å². The van der Waals surface area contributed by atoms with Crippen LogP contribution in [0.15, 0.2) is 36.5 Å². The Labute approximate surface area is 98.0 Å². The zero-order valence-electron chi connectivity index (χ0n) is 8.08. The van der Waals surface area contributed by atoms with Gasteiger partial charge in [0.15, 0.2) is 5.88 Å². The number of benzene rings is 1. The van der Waals surface area contributed by atoms with Crippen LogP contribution in [0, 0.1) is 0 Å². The van der Waals surface area contributed by atoms with Crippen LogP contribution in [-0.2, 0) is 7.05 Å². The first-order chi connectivity index (χ1) is 7.18. The van der Waals surface area contributed by atoms with E-state index in [2.05, 4.69) is 0 Å². The smallest absolute Gasteiger partial charge is 0.199 e. The van der Waals surface area contributed by atoms with Crippen LogP contribution in [0.25, 0.3) is 0 Å². The molecule has 0 aliphatic rings. The fourth-order valence-corrected chi connectivity index (χ4v) is 1.56. The van der Waals surface area contributed by atoms with Crippen molar-refractivity contribution >= 4 is 23.2 Å². The van der Waals surface area contributed by atoms with E-state index in [-0.39, 0.29) is 0 Å². The van der Waals surface area contributed by atoms with Crippen molar-refractivity contribution < 1.29 is 4.74 Å². The fourth-order valence-electron chi connectivity index (χ4n) is 1.23. The Hall–Kier alpha value is -1.12. The van der Waals surface area contributed by atoms with Crippen LogP contribution in [0.4, 0.5) is 0 Å². The summed E-state index contributed by atoms with van der Waals surface area (Å²) in [5, 5.41) is 0.920. The Morgan fingerprint density at radius 1 is 1.13 bits per heavy atom. The highest BCUT2D eigenvalue weighted by Crippen LogP contribution is 2.34. The van der Waals surface area contributed by atoms with Crippen LogP contribution in [0.1, 0.15) is 0 Å². The van der Waals surface area contributed by atoms with E-state index in [9.17, 15) is 0 Å². The van der Waals surface area contributed by atoms with E-state index in [1.54, 1.807) is 18.2 Å². The van der Waals surface area contributed by atoms with Gasteiger partial charge in [0.05, 0.1) is 5.02 Å². The third-order valence-electron chi connectivity index (χ3n) is 2.03. The van der Waals surface area contributed by atoms with Crippen LogP contribution in [0.2, 0.25) is 10.0 Å². The summed E-state index contributed by atoms with van der Waals surface area (Å²) in [4.78, 5) is 0. The van der Waals surface area contributed by atoms with Crippen LogP contribution in [0.3, 0.4) is 0 Å². The Bertz CT molecular complexity index is 479. The maximum atomic E-state index is 6.00. The van der Waals surface area contributed by atoms with E-state index in [1.165, 1.54) is 0 Å². The molecule has 0 saturated carbocycles. The lowest BCUT2D eigenvalue weighted by molar-refractivity contribution is 0.443. The molecule has 0 aliphatic heterocycles. The molecule has 0 saturated heterocycles. The molecule has 2 rings (SSSR count). The molecular weight excluding hydrogens is 233 g/mol. The first-order valence-corrected chi connectivity index (χ1v) is 5.17. The number of hydrogen-bond acceptors (Lipinski definition) is 1. The predicted octanol–water partition coefficient (Wildman–Crippen LogP) is 4.12. The Kier molecular flexibility index (Phi) is 2.89. The van der Waals surface area contributed by atoms with Crippen LogP contribution >= 0.6 is 23.2 Å². The highest BCUT2D eigenvalue weighted by molar-refractivity contribution is 6.42. The fraction of sp³-hybridized carbons (Fsp3) is 0.0909. The van der Waals surface area contributed by atoms with Gasteiger partial charge >= 0.3 is 0 Å². The second kappa shape index (κ2) is 4.17. The van der Waals surface area contributed by atoms with Crippen LogP contribution < -0.4 is 4.74 Å². The Morgan fingerprint density at radius 3 is 2.60 bits per heavy atom. The van der Waals surface area contributed by atoms with Gasteiger partial charge in [-0.3, -0.25) is 0 Å². The van der Waals surface area contributed by atoms with E-state index in [4.69, 9.17) is 27.9 Å². The lowest BCUT2D eigenvalue weighted by Crippen LogP contribution is -1.92. The minimum atomic E-state index is 0.431. The van der Waals surface area contributed by atoms with E-state index in [0.717, 1.165) is 5.88 Å². The van der Waals surface area contributed by atoms with Gasteiger partial charge in [0.2, 0.25) is 0 Å². The summed E-state index contributed by atoms with van der Waals surface area (Å²) in [6.45, 7) is 0. The normalized spacial score (nSPS) is 10.3. The van der Waals surface area contributed by atoms with Gasteiger partial charge in [-0.15, -0.1) is 0 Å². The lowest BCUT2D eigenvalue weighted by atomic mass is 10.3. The number of rotatable bonds is 2. The standard InChI is InChI=1S/C11H9Cl2NO/c1-14-7-3-6-10(14)15-9-5-2-4-8(12)11(9)13/h2-7H,1H3. The molecule has 0 atom stereocenters. The molecule has 0 fully saturated rings. The Morgan fingerprint density at radius 2 is 1.93 bits per heavy atom. The highest BCUT2D eigenvalue weighted by Gasteiger charge is 2.07. The summed E-state index contributed by atoms with van der Waals surface area (Å²) in [5.41, 5.74) is 0. The second-order valence-corrected chi connectivity index (χ2v) is 3.90. The van der Waals surface area contributed by atoms with Crippen LogP contribution in [-0.4, -0.2) is 4.57 Å². The summed E-state index contributed by atoms with van der Waals surface area (Å²) < 4.78 is 7.47. The van der Waals surface area contributed by atoms with Gasteiger partial charge in [-0.25, -0.2) is 0 Å². The number of aryl methyl sites for hydroxylation is 1. The average molecular weight is 242 g/mol. The summed E-state index contributed by atoms with van der Waals surface area (Å²) in [6.07, 6.45) is 1.90. The highest BCUT2D eigenvalue weighted by atomic mass is 35.5. The third-order valence-corrected chi connectivity index (χ3v) is 2.83. The monoisotopic (exact) mass is 241 g/mol. The van der Waals surface area contributed by atoms with Gasteiger partial charge in [0.25, 0.3) is 0 Å². The molecule has 2 nitrogen and oxygen atoms in total. The van der Waals surface area contributed by atoms with E-state index < -0.39 is 0 Å². The molecule has 0 bridgehead atoms. The quantitative estimate of drug-likeness (QED) is 0.772. The maximum absolute atomic E-state index is 6.00. The molecule has 15 heavy (non-hydrogen) atoms. The SMILES string of the molecule is Cn1cccc1Oc1cccc(Cl)c1Cl. The molecule has 1 aromatic heterocycles. The molecule has 0 N–H and O–H groups in total. The molecule has 0 spiro atoms. The first-order valence-electron chi connectivity index (χ1n) is 4.41. The molecular formula is C11H9Cl2NO. The summed E-state index contributed by atoms with van der Waals surface area (Å²) in [5.74, 6) is 1.28. The van der Waals surface area contributed by atoms with Crippen molar-refractivity contribution in [2.45, 2.75) is 0 Å². The van der Waals surface area contributed by atoms with Gasteiger partial charge < -0.3 is 9.30 Å². The van der Waals surface area contributed by atoms with E-state index in [0.29, 0.717) is 15.8 Å². The molecule has 0 radical (unpaired) electrons. The van der Waals surface area contributed by atoms with Crippen molar-refractivity contribution in [3.05, 3.63) is 46.6 Å². The minimum Gasteiger partial charge on any atom is -0.439 e. The van der Waals surface area contributed by atoms with Gasteiger partial charge in [0, 0.05) is 19.3 Å². The zero-order chi connectivity index (χ0) is 10.8. The maximum Gasteiger partial charge on any atom is 0.199 e. The second-order valence-electron chi connectivity index (χ2n) is 3.11. The van der Waals surface area contributed by atoms with Crippen molar-refractivity contribution in [2.24, 2.45) is 7.05 Å². The number of hydrogen-bond donors (Lipinski definition) is 0. The molecule has 0 unspecified atom stereocenters. The van der Waals surface area contributed by atoms with Crippen molar-refractivity contribution in [3.8, 4) is 11.6 Å². The van der Waals surface area contributed by atoms with Crippen molar-refractivity contribution in [1.29, 1.82) is 0 Å². The molecule has 0 amide bonds. The number of aromatic nitrogens is 1. The van der Waals surface area contributed by atoms with Gasteiger partial charge in [0.1, 0.15) is 10.8 Å². The Balaban J connectivity index is 2.33. The summed E-state index contributed by atoms with van der Waals surface area (Å²) in [6, 6.07) is 9.06. The molecule has 1 heterocycles. The number of ether oxygens (including phenoxy) is 1. The minimum absolute atomic E-state index is 0.431. The third kappa shape index (κ3) is 2.11. The van der Waals surface area contributed by atoms with Gasteiger partial charge in [-0.2, -0.15) is 0 Å². The molecule has 4 heteroatoms. The number of halogens is 2. The summed E-state index contributed by atoms with van der Waals surface area (Å²) in [7, 11) is 1.90. The van der Waals surface area contributed by atoms with Crippen molar-refractivity contribution in [2.75, 3.05) is 0 Å². The van der Waals surface area contributed by atoms with Gasteiger partial charge in [-0.05, 0) is 18.2 Å². The van der Waals surface area contributed by atoms with Crippen molar-refractivity contribution in [3.63, 3.8) is 0 Å². The molecule has 0 aliphatic carbocycles. The van der Waals surface area contributed by atoms with Crippen molar-refractivity contribution in [1.82, 2.24) is 4.57 Å². The predicted molar refractivity (Wildman–Crippen MR) is 61.9 cm³/mol. The zero-order valence-corrected chi connectivity index (χ0v) is 9.59. The largest absolute Gasteiger partial charge is 0.439 e. The average Bonchev–Trinajstić information content (AvgIpc) is 2.60. The van der Waals surface area contributed by atoms with Crippen LogP contribution in [0.5, 0.6) is 11.6 Å². The number of nitrogens with zero attached hydrogens (tertiary/aromatic N) is 1. The molecule has 2 aromatic rings. The lowest BCUT2D eigenvalue weighted by Gasteiger charge is -2.08. The van der Waals surface area contributed by atoms with E-state index >= 15 is 0 Å². The topological polar surface area (TPSA) is 14.2 Å².